The molecule has 1 aromatic heterocycles. The van der Waals surface area contributed by atoms with E-state index in [0.717, 1.165) is 15.6 Å². The Morgan fingerprint density at radius 1 is 1.23 bits per heavy atom. The number of rotatable bonds is 5. The highest BCUT2D eigenvalue weighted by molar-refractivity contribution is 8.05. The fraction of sp³-hybridized carbons (Fsp3) is 0.0952. The van der Waals surface area contributed by atoms with Crippen LogP contribution < -0.4 is 9.88 Å². The normalized spacial score (nSPS) is 14.0. The van der Waals surface area contributed by atoms with Crippen LogP contribution in [-0.4, -0.2) is 16.7 Å². The zero-order valence-electron chi connectivity index (χ0n) is 15.8. The summed E-state index contributed by atoms with van der Waals surface area (Å²) in [6, 6.07) is 13.6. The molecule has 1 aliphatic rings. The van der Waals surface area contributed by atoms with Gasteiger partial charge >= 0.3 is 10.2 Å². The molecule has 0 radical (unpaired) electrons. The van der Waals surface area contributed by atoms with E-state index in [-0.39, 0.29) is 23.9 Å². The van der Waals surface area contributed by atoms with E-state index in [0.29, 0.717) is 16.2 Å². The Morgan fingerprint density at radius 3 is 2.80 bits per heavy atom. The molecule has 7 nitrogen and oxygen atoms in total. The van der Waals surface area contributed by atoms with Crippen LogP contribution >= 0.6 is 23.1 Å². The first-order chi connectivity index (χ1) is 14.4. The number of aryl methyl sites for hydroxylation is 1. The average molecular weight is 439 g/mol. The molecule has 9 heteroatoms. The van der Waals surface area contributed by atoms with Crippen molar-refractivity contribution < 1.29 is 19.1 Å². The number of amides is 1. The van der Waals surface area contributed by atoms with Gasteiger partial charge in [0.25, 0.3) is 5.69 Å². The summed E-state index contributed by atoms with van der Waals surface area (Å²) >= 11 is 2.69. The van der Waals surface area contributed by atoms with Gasteiger partial charge in [0, 0.05) is 29.6 Å². The third kappa shape index (κ3) is 4.03. The molecule has 0 saturated heterocycles. The molecule has 0 aliphatic carbocycles. The number of allylic oxidation sites excluding steroid dienone is 1. The molecule has 0 atom stereocenters. The van der Waals surface area contributed by atoms with Crippen LogP contribution in [0.25, 0.3) is 6.08 Å². The van der Waals surface area contributed by atoms with Crippen LogP contribution in [0.5, 0.6) is 0 Å². The number of thiazole rings is 1. The Kier molecular flexibility index (Phi) is 5.47. The number of benzene rings is 2. The van der Waals surface area contributed by atoms with Gasteiger partial charge in [0.1, 0.15) is 11.3 Å². The van der Waals surface area contributed by atoms with Crippen LogP contribution in [-0.2, 0) is 11.2 Å². The Labute approximate surface area is 180 Å². The Hall–Kier alpha value is -3.30. The number of para-hydroxylation sites is 1. The van der Waals surface area contributed by atoms with Gasteiger partial charge in [-0.3, -0.25) is 14.9 Å². The van der Waals surface area contributed by atoms with Crippen molar-refractivity contribution >= 4 is 52.4 Å². The SMILES string of the molecule is Cc1ccccc1NC(=O)Cc1csc2[n+]1C(=O)/C(=C/c1cccc([N+](=O)[O-])c1)S2. The molecule has 150 valence electrons. The van der Waals surface area contributed by atoms with Crippen LogP contribution in [0.3, 0.4) is 0 Å². The number of anilines is 1. The first-order valence-corrected chi connectivity index (χ1v) is 10.7. The molecule has 0 bridgehead atoms. The van der Waals surface area contributed by atoms with E-state index in [1.165, 1.54) is 39.8 Å². The maximum Gasteiger partial charge on any atom is 0.433 e. The van der Waals surface area contributed by atoms with Crippen LogP contribution in [0, 0.1) is 17.0 Å². The van der Waals surface area contributed by atoms with Gasteiger partial charge in [-0.15, -0.1) is 4.57 Å². The van der Waals surface area contributed by atoms with Crippen molar-refractivity contribution in [3.05, 3.63) is 85.8 Å². The highest BCUT2D eigenvalue weighted by atomic mass is 32.2. The van der Waals surface area contributed by atoms with Crippen molar-refractivity contribution in [2.75, 3.05) is 5.32 Å². The number of thioether (sulfide) groups is 1. The molecule has 30 heavy (non-hydrogen) atoms. The van der Waals surface area contributed by atoms with Gasteiger partial charge in [0.05, 0.1) is 10.3 Å². The molecule has 1 aliphatic heterocycles. The monoisotopic (exact) mass is 438 g/mol. The number of fused-ring (bicyclic) bond motifs is 1. The van der Waals surface area contributed by atoms with Crippen molar-refractivity contribution in [1.29, 1.82) is 0 Å². The number of carbonyl (C=O) groups is 2. The fourth-order valence-corrected chi connectivity index (χ4v) is 5.23. The lowest BCUT2D eigenvalue weighted by atomic mass is 10.2. The second-order valence-corrected chi connectivity index (χ2v) is 8.78. The lowest BCUT2D eigenvalue weighted by molar-refractivity contribution is -0.607. The topological polar surface area (TPSA) is 93.2 Å². The predicted octanol–water partition coefficient (Wildman–Crippen LogP) is 4.22. The second-order valence-electron chi connectivity index (χ2n) is 6.64. The van der Waals surface area contributed by atoms with Crippen LogP contribution in [0.15, 0.2) is 63.2 Å². The zero-order chi connectivity index (χ0) is 21.3. The lowest BCUT2D eigenvalue weighted by Crippen LogP contribution is -2.43. The average Bonchev–Trinajstić information content (AvgIpc) is 3.24. The minimum atomic E-state index is -0.470. The molecule has 4 rings (SSSR count). The summed E-state index contributed by atoms with van der Waals surface area (Å²) < 4.78 is 2.30. The summed E-state index contributed by atoms with van der Waals surface area (Å²) in [5.41, 5.74) is 2.86. The number of nitrogens with zero attached hydrogens (tertiary/aromatic N) is 2. The molecule has 2 heterocycles. The van der Waals surface area contributed by atoms with E-state index in [1.807, 2.05) is 36.6 Å². The van der Waals surface area contributed by atoms with Crippen LogP contribution in [0.1, 0.15) is 21.6 Å². The number of carbonyl (C=O) groups excluding carboxylic acids is 2. The molecule has 1 N–H and O–H groups in total. The lowest BCUT2D eigenvalue weighted by Gasteiger charge is -2.06. The van der Waals surface area contributed by atoms with Crippen LogP contribution in [0.2, 0.25) is 0 Å². The molecule has 0 saturated carbocycles. The highest BCUT2D eigenvalue weighted by Crippen LogP contribution is 2.36. The quantitative estimate of drug-likeness (QED) is 0.279. The molecular weight excluding hydrogens is 422 g/mol. The Balaban J connectivity index is 1.53. The van der Waals surface area contributed by atoms with Crippen molar-refractivity contribution in [3.8, 4) is 0 Å². The first kappa shape index (κ1) is 20.0. The van der Waals surface area contributed by atoms with E-state index >= 15 is 0 Å². The largest absolute Gasteiger partial charge is 0.433 e. The third-order valence-corrected chi connectivity index (χ3v) is 6.70. The van der Waals surface area contributed by atoms with Crippen molar-refractivity contribution in [3.63, 3.8) is 0 Å². The Morgan fingerprint density at radius 2 is 2.03 bits per heavy atom. The summed E-state index contributed by atoms with van der Waals surface area (Å²) in [5, 5.41) is 15.6. The third-order valence-electron chi connectivity index (χ3n) is 4.52. The molecule has 3 aromatic rings. The number of aromatic nitrogens is 1. The highest BCUT2D eigenvalue weighted by Gasteiger charge is 2.40. The number of nitro benzene ring substituents is 1. The van der Waals surface area contributed by atoms with E-state index in [1.54, 1.807) is 18.2 Å². The standard InChI is InChI=1S/C21H15N3O4S2/c1-13-5-2-3-8-17(13)22-19(25)11-16-12-29-21-23(16)20(26)18(30-21)10-14-6-4-7-15(9-14)24(27)28/h2-10,12H,11H2,1H3/p+1/b18-10-. The number of hydrogen-bond donors (Lipinski definition) is 1. The summed E-state index contributed by atoms with van der Waals surface area (Å²) in [6.45, 7) is 1.91. The maximum absolute atomic E-state index is 12.9. The molecule has 0 fully saturated rings. The summed E-state index contributed by atoms with van der Waals surface area (Å²) in [6.07, 6.45) is 1.71. The zero-order valence-corrected chi connectivity index (χ0v) is 17.5. The summed E-state index contributed by atoms with van der Waals surface area (Å²) in [4.78, 5) is 36.4. The maximum atomic E-state index is 12.9. The van der Waals surface area contributed by atoms with E-state index in [9.17, 15) is 19.7 Å². The smallest absolute Gasteiger partial charge is 0.325 e. The summed E-state index contributed by atoms with van der Waals surface area (Å²) in [7, 11) is 0. The predicted molar refractivity (Wildman–Crippen MR) is 116 cm³/mol. The van der Waals surface area contributed by atoms with Gasteiger partial charge < -0.3 is 5.32 Å². The second kappa shape index (κ2) is 8.21. The fourth-order valence-electron chi connectivity index (χ4n) is 3.04. The van der Waals surface area contributed by atoms with E-state index in [4.69, 9.17) is 0 Å². The number of nitro groups is 1. The number of hydrogen-bond acceptors (Lipinski definition) is 6. The van der Waals surface area contributed by atoms with Gasteiger partial charge in [-0.1, -0.05) is 41.7 Å². The minimum Gasteiger partial charge on any atom is -0.325 e. The van der Waals surface area contributed by atoms with Crippen molar-refractivity contribution in [2.45, 2.75) is 17.7 Å². The van der Waals surface area contributed by atoms with Gasteiger partial charge in [0.15, 0.2) is 0 Å². The number of nitrogens with one attached hydrogen (secondary N) is 1. The van der Waals surface area contributed by atoms with Gasteiger partial charge in [0.2, 0.25) is 11.6 Å². The first-order valence-electron chi connectivity index (χ1n) is 8.99. The van der Waals surface area contributed by atoms with Crippen molar-refractivity contribution in [1.82, 2.24) is 0 Å². The molecule has 1 amide bonds. The van der Waals surface area contributed by atoms with Gasteiger partial charge in [-0.25, -0.2) is 4.79 Å². The van der Waals surface area contributed by atoms with Gasteiger partial charge in [-0.2, -0.15) is 0 Å². The number of non-ortho nitro benzene ring substituents is 1. The Bertz CT molecular complexity index is 1220. The van der Waals surface area contributed by atoms with Crippen LogP contribution in [0.4, 0.5) is 11.4 Å². The van der Waals surface area contributed by atoms with Crippen molar-refractivity contribution in [2.24, 2.45) is 0 Å². The molecule has 0 unspecified atom stereocenters. The summed E-state index contributed by atoms with van der Waals surface area (Å²) in [5.74, 6) is -0.437. The molecule has 0 spiro atoms. The van der Waals surface area contributed by atoms with E-state index in [2.05, 4.69) is 5.32 Å². The molecular formula is C21H16N3O4S2+. The van der Waals surface area contributed by atoms with E-state index < -0.39 is 4.92 Å². The van der Waals surface area contributed by atoms with Gasteiger partial charge in [-0.05, 0) is 30.2 Å². The minimum absolute atomic E-state index is 0.0317. The molecule has 2 aromatic carbocycles.